The molecule has 0 aliphatic carbocycles. The van der Waals surface area contributed by atoms with E-state index in [0.29, 0.717) is 30.9 Å². The largest absolute Gasteiger partial charge is 0.444 e. The number of ether oxygens (including phenoxy) is 1. The molecule has 0 aromatic carbocycles. The molecule has 138 valence electrons. The van der Waals surface area contributed by atoms with Gasteiger partial charge in [0.25, 0.3) is 5.91 Å². The maximum absolute atomic E-state index is 12.7. The number of aryl methyl sites for hydroxylation is 1. The van der Waals surface area contributed by atoms with Crippen molar-refractivity contribution in [2.75, 3.05) is 11.9 Å². The van der Waals surface area contributed by atoms with Crippen LogP contribution >= 0.6 is 0 Å². The van der Waals surface area contributed by atoms with E-state index in [9.17, 15) is 9.59 Å². The first-order chi connectivity index (χ1) is 12.2. The van der Waals surface area contributed by atoms with E-state index >= 15 is 0 Å². The number of fused-ring (bicyclic) bond motifs is 1. The second-order valence-electron chi connectivity index (χ2n) is 7.25. The number of rotatable bonds is 2. The first-order valence-corrected chi connectivity index (χ1v) is 8.48. The van der Waals surface area contributed by atoms with Gasteiger partial charge in [-0.2, -0.15) is 5.10 Å². The van der Waals surface area contributed by atoms with E-state index in [4.69, 9.17) is 4.74 Å². The average molecular weight is 357 g/mol. The third-order valence-corrected chi connectivity index (χ3v) is 4.03. The van der Waals surface area contributed by atoms with Crippen LogP contribution in [0, 0.1) is 0 Å². The molecule has 3 rings (SSSR count). The third-order valence-electron chi connectivity index (χ3n) is 4.03. The number of carbonyl (C=O) groups excluding carboxylic acids is 2. The van der Waals surface area contributed by atoms with Crippen molar-refractivity contribution in [2.24, 2.45) is 7.05 Å². The summed E-state index contributed by atoms with van der Waals surface area (Å²) in [6, 6.07) is 3.50. The van der Waals surface area contributed by atoms with E-state index in [1.165, 1.54) is 0 Å². The minimum absolute atomic E-state index is 0.299. The van der Waals surface area contributed by atoms with Crippen LogP contribution in [-0.4, -0.2) is 43.8 Å². The molecular weight excluding hydrogens is 334 g/mol. The molecular formula is C18H23N5O3. The zero-order valence-electron chi connectivity index (χ0n) is 15.4. The van der Waals surface area contributed by atoms with Gasteiger partial charge in [-0.25, -0.2) is 4.79 Å². The summed E-state index contributed by atoms with van der Waals surface area (Å²) in [6.45, 7) is 6.32. The number of amides is 2. The van der Waals surface area contributed by atoms with Crippen molar-refractivity contribution in [3.63, 3.8) is 0 Å². The number of anilines is 1. The van der Waals surface area contributed by atoms with Gasteiger partial charge in [0.15, 0.2) is 5.69 Å². The molecule has 1 N–H and O–H groups in total. The third kappa shape index (κ3) is 3.84. The molecule has 2 aromatic heterocycles. The monoisotopic (exact) mass is 357 g/mol. The highest BCUT2D eigenvalue weighted by Gasteiger charge is 2.31. The van der Waals surface area contributed by atoms with E-state index in [2.05, 4.69) is 15.4 Å². The van der Waals surface area contributed by atoms with Crippen molar-refractivity contribution in [3.8, 4) is 0 Å². The number of hydrogen-bond donors (Lipinski definition) is 1. The van der Waals surface area contributed by atoms with Gasteiger partial charge in [-0.3, -0.25) is 14.5 Å². The molecule has 8 heteroatoms. The Labute approximate surface area is 152 Å². The van der Waals surface area contributed by atoms with E-state index in [1.54, 1.807) is 34.1 Å². The van der Waals surface area contributed by atoms with E-state index in [1.807, 2.05) is 27.8 Å². The van der Waals surface area contributed by atoms with E-state index in [0.717, 1.165) is 11.3 Å². The molecule has 26 heavy (non-hydrogen) atoms. The number of pyridine rings is 1. The summed E-state index contributed by atoms with van der Waals surface area (Å²) in [4.78, 5) is 30.6. The second-order valence-corrected chi connectivity index (χ2v) is 7.25. The molecule has 0 bridgehead atoms. The summed E-state index contributed by atoms with van der Waals surface area (Å²) in [6.07, 6.45) is 3.45. The lowest BCUT2D eigenvalue weighted by Crippen LogP contribution is -2.40. The minimum Gasteiger partial charge on any atom is -0.444 e. The smallest absolute Gasteiger partial charge is 0.410 e. The lowest BCUT2D eigenvalue weighted by atomic mass is 10.0. The van der Waals surface area contributed by atoms with Crippen molar-refractivity contribution < 1.29 is 14.3 Å². The molecule has 0 fully saturated rings. The van der Waals surface area contributed by atoms with Gasteiger partial charge < -0.3 is 15.0 Å². The Hall–Kier alpha value is -2.90. The maximum Gasteiger partial charge on any atom is 0.410 e. The molecule has 0 saturated carbocycles. The summed E-state index contributed by atoms with van der Waals surface area (Å²) in [5.41, 5.74) is 2.07. The van der Waals surface area contributed by atoms with Crippen LogP contribution in [0.3, 0.4) is 0 Å². The van der Waals surface area contributed by atoms with E-state index in [-0.39, 0.29) is 12.0 Å². The number of hydrogen-bond acceptors (Lipinski definition) is 5. The predicted molar refractivity (Wildman–Crippen MR) is 95.7 cm³/mol. The van der Waals surface area contributed by atoms with Gasteiger partial charge >= 0.3 is 6.09 Å². The molecule has 0 radical (unpaired) electrons. The van der Waals surface area contributed by atoms with Gasteiger partial charge in [-0.1, -0.05) is 0 Å². The number of carbonyl (C=O) groups is 2. The fourth-order valence-corrected chi connectivity index (χ4v) is 2.88. The summed E-state index contributed by atoms with van der Waals surface area (Å²) in [5, 5.41) is 7.15. The summed E-state index contributed by atoms with van der Waals surface area (Å²) < 4.78 is 7.15. The Balaban J connectivity index is 1.81. The molecule has 8 nitrogen and oxygen atoms in total. The van der Waals surface area contributed by atoms with Crippen LogP contribution in [0.1, 0.15) is 42.5 Å². The summed E-state index contributed by atoms with van der Waals surface area (Å²) >= 11 is 0. The molecule has 2 aromatic rings. The molecule has 0 unspecified atom stereocenters. The summed E-state index contributed by atoms with van der Waals surface area (Å²) in [7, 11) is 1.81. The van der Waals surface area contributed by atoms with Crippen LogP contribution in [0.15, 0.2) is 24.5 Å². The molecule has 1 aliphatic heterocycles. The lowest BCUT2D eigenvalue weighted by Gasteiger charge is -2.30. The Morgan fingerprint density at radius 3 is 2.73 bits per heavy atom. The van der Waals surface area contributed by atoms with Crippen LogP contribution in [0.4, 0.5) is 10.5 Å². The molecule has 1 aliphatic rings. The fourth-order valence-electron chi connectivity index (χ4n) is 2.88. The highest BCUT2D eigenvalue weighted by atomic mass is 16.6. The number of nitrogens with zero attached hydrogens (tertiary/aromatic N) is 4. The van der Waals surface area contributed by atoms with Gasteiger partial charge in [0.05, 0.1) is 18.4 Å². The van der Waals surface area contributed by atoms with Gasteiger partial charge in [0.2, 0.25) is 0 Å². The second kappa shape index (κ2) is 6.78. The first-order valence-electron chi connectivity index (χ1n) is 8.48. The topological polar surface area (TPSA) is 89.4 Å². The van der Waals surface area contributed by atoms with Gasteiger partial charge in [-0.05, 0) is 32.9 Å². The first kappa shape index (κ1) is 17.9. The number of nitrogens with one attached hydrogen (secondary N) is 1. The highest BCUT2D eigenvalue weighted by Crippen LogP contribution is 2.24. The molecule has 0 saturated heterocycles. The van der Waals surface area contributed by atoms with Gasteiger partial charge in [-0.15, -0.1) is 0 Å². The van der Waals surface area contributed by atoms with Crippen LogP contribution in [0.25, 0.3) is 0 Å². The Bertz CT molecular complexity index is 823. The van der Waals surface area contributed by atoms with Crippen LogP contribution in [0.2, 0.25) is 0 Å². The van der Waals surface area contributed by atoms with Crippen LogP contribution in [0.5, 0.6) is 0 Å². The highest BCUT2D eigenvalue weighted by molar-refractivity contribution is 6.04. The minimum atomic E-state index is -0.563. The van der Waals surface area contributed by atoms with Crippen LogP contribution < -0.4 is 5.32 Å². The standard InChI is InChI=1S/C18H23N5O3/c1-18(2,3)26-17(25)23-9-7-14-13(11-23)15(21-22(14)4)16(24)20-12-6-5-8-19-10-12/h5-6,8,10H,7,9,11H2,1-4H3,(H,20,24). The Morgan fingerprint density at radius 2 is 2.08 bits per heavy atom. The lowest BCUT2D eigenvalue weighted by molar-refractivity contribution is 0.0222. The van der Waals surface area contributed by atoms with Crippen molar-refractivity contribution in [1.82, 2.24) is 19.7 Å². The Morgan fingerprint density at radius 1 is 1.31 bits per heavy atom. The number of aromatic nitrogens is 3. The van der Waals surface area contributed by atoms with E-state index < -0.39 is 5.60 Å². The quantitative estimate of drug-likeness (QED) is 0.891. The van der Waals surface area contributed by atoms with Crippen molar-refractivity contribution in [2.45, 2.75) is 39.3 Å². The van der Waals surface area contributed by atoms with Crippen molar-refractivity contribution in [1.29, 1.82) is 0 Å². The van der Waals surface area contributed by atoms with Crippen molar-refractivity contribution in [3.05, 3.63) is 41.5 Å². The fraction of sp³-hybridized carbons (Fsp3) is 0.444. The normalized spacial score (nSPS) is 13.9. The SMILES string of the molecule is Cn1nc(C(=O)Nc2cccnc2)c2c1CCN(C(=O)OC(C)(C)C)C2. The molecule has 0 atom stereocenters. The molecule has 0 spiro atoms. The Kier molecular flexibility index (Phi) is 4.67. The molecule has 2 amide bonds. The van der Waals surface area contributed by atoms with Gasteiger partial charge in [0.1, 0.15) is 5.60 Å². The molecule has 3 heterocycles. The van der Waals surface area contributed by atoms with Crippen LogP contribution in [-0.2, 0) is 24.8 Å². The predicted octanol–water partition coefficient (Wildman–Crippen LogP) is 2.36. The average Bonchev–Trinajstić information content (AvgIpc) is 2.91. The zero-order chi connectivity index (χ0) is 18.9. The summed E-state index contributed by atoms with van der Waals surface area (Å²) in [5.74, 6) is -0.319. The maximum atomic E-state index is 12.7. The zero-order valence-corrected chi connectivity index (χ0v) is 15.4. The van der Waals surface area contributed by atoms with Gasteiger partial charge in [0, 0.05) is 37.5 Å². The van der Waals surface area contributed by atoms with Crippen molar-refractivity contribution >= 4 is 17.7 Å².